The molecule has 22 heavy (non-hydrogen) atoms. The highest BCUT2D eigenvalue weighted by Gasteiger charge is 2.17. The van der Waals surface area contributed by atoms with Gasteiger partial charge in [-0.15, -0.1) is 0 Å². The first-order valence-corrected chi connectivity index (χ1v) is 8.68. The molecule has 1 heterocycles. The third-order valence-corrected chi connectivity index (χ3v) is 4.17. The maximum Gasteiger partial charge on any atom is 0.287 e. The summed E-state index contributed by atoms with van der Waals surface area (Å²) in [5.41, 5.74) is 0.740. The lowest BCUT2D eigenvalue weighted by molar-refractivity contribution is 0.0888. The normalized spacial score (nSPS) is 12.1. The van der Waals surface area contributed by atoms with Crippen LogP contribution >= 0.6 is 23.4 Å². The molecule has 0 fully saturated rings. The molecule has 0 unspecified atom stereocenters. The number of carbonyl (C=O) groups is 1. The fourth-order valence-electron chi connectivity index (χ4n) is 1.99. The van der Waals surface area contributed by atoms with E-state index in [1.807, 2.05) is 24.5 Å². The average molecular weight is 340 g/mol. The number of furan rings is 1. The Bertz CT molecular complexity index is 629. The van der Waals surface area contributed by atoms with E-state index in [0.29, 0.717) is 17.2 Å². The second-order valence-electron chi connectivity index (χ2n) is 4.78. The molecule has 0 saturated carbocycles. The van der Waals surface area contributed by atoms with Crippen LogP contribution < -0.4 is 5.32 Å². The molecule has 0 radical (unpaired) electrons. The van der Waals surface area contributed by atoms with E-state index in [0.717, 1.165) is 11.3 Å². The Kier molecular flexibility index (Phi) is 6.36. The summed E-state index contributed by atoms with van der Waals surface area (Å²) in [5.74, 6) is 1.28. The van der Waals surface area contributed by atoms with E-state index in [1.165, 1.54) is 0 Å². The Labute approximate surface area is 138 Å². The van der Waals surface area contributed by atoms with E-state index in [2.05, 4.69) is 5.32 Å². The third-order valence-electron chi connectivity index (χ3n) is 3.20. The Hall–Kier alpha value is -1.43. The second kappa shape index (κ2) is 8.27. The lowest BCUT2D eigenvalue weighted by Crippen LogP contribution is -2.37. The summed E-state index contributed by atoms with van der Waals surface area (Å²) in [7, 11) is 0. The Morgan fingerprint density at radius 2 is 2.14 bits per heavy atom. The van der Waals surface area contributed by atoms with Crippen LogP contribution in [-0.2, 0) is 0 Å². The summed E-state index contributed by atoms with van der Waals surface area (Å²) in [6.45, 7) is -0.0929. The van der Waals surface area contributed by atoms with Crippen molar-refractivity contribution in [2.24, 2.45) is 0 Å². The first-order chi connectivity index (χ1) is 10.7. The van der Waals surface area contributed by atoms with Crippen molar-refractivity contribution < 1.29 is 14.3 Å². The topological polar surface area (TPSA) is 62.5 Å². The van der Waals surface area contributed by atoms with E-state index < -0.39 is 0 Å². The maximum atomic E-state index is 12.2. The molecule has 2 aromatic rings. The van der Waals surface area contributed by atoms with Crippen molar-refractivity contribution in [3.8, 4) is 11.3 Å². The molecule has 1 atom stereocenters. The van der Waals surface area contributed by atoms with Gasteiger partial charge in [-0.3, -0.25) is 4.79 Å². The molecule has 1 aromatic carbocycles. The number of aliphatic hydroxyl groups excluding tert-OH is 1. The van der Waals surface area contributed by atoms with Crippen molar-refractivity contribution in [3.63, 3.8) is 0 Å². The van der Waals surface area contributed by atoms with Crippen LogP contribution in [0.4, 0.5) is 0 Å². The third kappa shape index (κ3) is 4.29. The molecular weight excluding hydrogens is 322 g/mol. The predicted molar refractivity (Wildman–Crippen MR) is 90.5 cm³/mol. The smallest absolute Gasteiger partial charge is 0.287 e. The lowest BCUT2D eigenvalue weighted by Gasteiger charge is -2.14. The van der Waals surface area contributed by atoms with Crippen molar-refractivity contribution in [1.82, 2.24) is 5.32 Å². The zero-order valence-corrected chi connectivity index (χ0v) is 13.8. The quantitative estimate of drug-likeness (QED) is 0.811. The Balaban J connectivity index is 2.07. The van der Waals surface area contributed by atoms with Crippen LogP contribution in [0.3, 0.4) is 0 Å². The van der Waals surface area contributed by atoms with Gasteiger partial charge < -0.3 is 14.8 Å². The van der Waals surface area contributed by atoms with Crippen molar-refractivity contribution in [1.29, 1.82) is 0 Å². The molecule has 0 bridgehead atoms. The number of thioether (sulfide) groups is 1. The molecule has 0 spiro atoms. The summed E-state index contributed by atoms with van der Waals surface area (Å²) in [4.78, 5) is 12.2. The van der Waals surface area contributed by atoms with Gasteiger partial charge in [-0.05, 0) is 42.7 Å². The molecule has 4 nitrogen and oxygen atoms in total. The highest BCUT2D eigenvalue weighted by molar-refractivity contribution is 7.98. The number of amides is 1. The van der Waals surface area contributed by atoms with E-state index in [-0.39, 0.29) is 24.3 Å². The van der Waals surface area contributed by atoms with Crippen LogP contribution in [0.15, 0.2) is 40.8 Å². The number of aliphatic hydroxyl groups is 1. The molecule has 0 aliphatic rings. The van der Waals surface area contributed by atoms with Crippen LogP contribution in [0.5, 0.6) is 0 Å². The Morgan fingerprint density at radius 1 is 1.36 bits per heavy atom. The van der Waals surface area contributed by atoms with Gasteiger partial charge in [0.1, 0.15) is 5.76 Å². The van der Waals surface area contributed by atoms with Gasteiger partial charge in [0.25, 0.3) is 5.91 Å². The minimum Gasteiger partial charge on any atom is -0.451 e. The van der Waals surface area contributed by atoms with Crippen molar-refractivity contribution in [2.45, 2.75) is 12.5 Å². The monoisotopic (exact) mass is 339 g/mol. The van der Waals surface area contributed by atoms with Crippen LogP contribution in [0, 0.1) is 0 Å². The van der Waals surface area contributed by atoms with E-state index in [4.69, 9.17) is 16.0 Å². The summed E-state index contributed by atoms with van der Waals surface area (Å²) in [6.07, 6.45) is 2.69. The minimum absolute atomic E-state index is 0.0929. The van der Waals surface area contributed by atoms with Gasteiger partial charge in [-0.2, -0.15) is 11.8 Å². The number of nitrogens with one attached hydrogen (secondary N) is 1. The molecule has 1 amide bonds. The van der Waals surface area contributed by atoms with Gasteiger partial charge in [0.15, 0.2) is 5.76 Å². The zero-order chi connectivity index (χ0) is 15.9. The number of hydrogen-bond acceptors (Lipinski definition) is 4. The van der Waals surface area contributed by atoms with Gasteiger partial charge in [-0.1, -0.05) is 23.7 Å². The Morgan fingerprint density at radius 3 is 2.82 bits per heavy atom. The van der Waals surface area contributed by atoms with E-state index in [1.54, 1.807) is 30.0 Å². The van der Waals surface area contributed by atoms with Gasteiger partial charge in [0.05, 0.1) is 17.7 Å². The van der Waals surface area contributed by atoms with Crippen LogP contribution in [0.1, 0.15) is 17.0 Å². The summed E-state index contributed by atoms with van der Waals surface area (Å²) in [6, 6.07) is 10.3. The summed E-state index contributed by atoms with van der Waals surface area (Å²) >= 11 is 7.79. The van der Waals surface area contributed by atoms with E-state index >= 15 is 0 Å². The van der Waals surface area contributed by atoms with E-state index in [9.17, 15) is 9.90 Å². The number of hydrogen-bond donors (Lipinski definition) is 2. The van der Waals surface area contributed by atoms with Gasteiger partial charge in [-0.25, -0.2) is 0 Å². The number of carbonyl (C=O) groups excluding carboxylic acids is 1. The van der Waals surface area contributed by atoms with Gasteiger partial charge in [0.2, 0.25) is 0 Å². The lowest BCUT2D eigenvalue weighted by atomic mass is 10.2. The summed E-state index contributed by atoms with van der Waals surface area (Å²) < 4.78 is 5.58. The van der Waals surface area contributed by atoms with Crippen LogP contribution in [-0.4, -0.2) is 35.7 Å². The predicted octanol–water partition coefficient (Wildman–Crippen LogP) is 3.44. The highest BCUT2D eigenvalue weighted by atomic mass is 35.5. The number of rotatable bonds is 7. The standard InChI is InChI=1S/C16H18ClNO3S/c1-22-9-8-11(10-19)18-16(20)15-7-6-14(21-15)12-4-2-3-5-13(12)17/h2-7,11,19H,8-10H2,1H3,(H,18,20)/t11-/m0/s1. The van der Waals surface area contributed by atoms with Crippen LogP contribution in [0.25, 0.3) is 11.3 Å². The van der Waals surface area contributed by atoms with Crippen molar-refractivity contribution >= 4 is 29.3 Å². The first kappa shape index (κ1) is 16.9. The maximum absolute atomic E-state index is 12.2. The number of halogens is 1. The van der Waals surface area contributed by atoms with Crippen molar-refractivity contribution in [3.05, 3.63) is 47.2 Å². The molecule has 1 aromatic heterocycles. The average Bonchev–Trinajstić information content (AvgIpc) is 3.01. The SMILES string of the molecule is CSCC[C@@H](CO)NC(=O)c1ccc(-c2ccccc2Cl)o1. The first-order valence-electron chi connectivity index (χ1n) is 6.91. The molecule has 0 saturated heterocycles. The van der Waals surface area contributed by atoms with Gasteiger partial charge >= 0.3 is 0 Å². The molecule has 2 N–H and O–H groups in total. The highest BCUT2D eigenvalue weighted by Crippen LogP contribution is 2.29. The van der Waals surface area contributed by atoms with Crippen LogP contribution in [0.2, 0.25) is 5.02 Å². The fourth-order valence-corrected chi connectivity index (χ4v) is 2.74. The fraction of sp³-hybridized carbons (Fsp3) is 0.312. The van der Waals surface area contributed by atoms with Gasteiger partial charge in [0, 0.05) is 5.56 Å². The molecular formula is C16H18ClNO3S. The number of benzene rings is 1. The molecule has 0 aliphatic carbocycles. The minimum atomic E-state index is -0.335. The molecule has 6 heteroatoms. The second-order valence-corrected chi connectivity index (χ2v) is 6.17. The summed E-state index contributed by atoms with van der Waals surface area (Å²) in [5, 5.41) is 12.6. The zero-order valence-electron chi connectivity index (χ0n) is 12.2. The van der Waals surface area contributed by atoms with Crippen molar-refractivity contribution in [2.75, 3.05) is 18.6 Å². The molecule has 2 rings (SSSR count). The molecule has 0 aliphatic heterocycles. The molecule has 118 valence electrons. The largest absolute Gasteiger partial charge is 0.451 e.